The van der Waals surface area contributed by atoms with Crippen LogP contribution in [-0.2, 0) is 0 Å². The first-order valence-electron chi connectivity index (χ1n) is 3.72. The molecular weight excluding hydrogens is 188 g/mol. The van der Waals surface area contributed by atoms with Crippen molar-refractivity contribution in [1.29, 1.82) is 5.26 Å². The fourth-order valence-corrected chi connectivity index (χ4v) is 1.09. The molecule has 0 saturated heterocycles. The molecule has 1 aromatic rings. The van der Waals surface area contributed by atoms with Gasteiger partial charge in [0.15, 0.2) is 0 Å². The number of hydrogen-bond donors (Lipinski definition) is 1. The Morgan fingerprint density at radius 3 is 3.00 bits per heavy atom. The maximum atomic E-state index is 8.36. The maximum Gasteiger partial charge on any atom is 0.121 e. The van der Waals surface area contributed by atoms with Gasteiger partial charge in [-0.3, -0.25) is 0 Å². The van der Waals surface area contributed by atoms with Crippen LogP contribution in [0.15, 0.2) is 18.2 Å². The summed E-state index contributed by atoms with van der Waals surface area (Å²) in [7, 11) is 1.58. The molecule has 0 atom stereocenters. The fraction of sp³-hybridized carbons (Fsp3) is 0.222. The van der Waals surface area contributed by atoms with Crippen molar-refractivity contribution in [2.45, 2.75) is 0 Å². The van der Waals surface area contributed by atoms with E-state index in [-0.39, 0.29) is 6.54 Å². The monoisotopic (exact) mass is 196 g/mol. The third kappa shape index (κ3) is 2.53. The molecule has 0 amide bonds. The van der Waals surface area contributed by atoms with E-state index in [1.54, 1.807) is 25.3 Å². The first-order valence-corrected chi connectivity index (χ1v) is 4.10. The van der Waals surface area contributed by atoms with Crippen LogP contribution in [0.5, 0.6) is 5.75 Å². The van der Waals surface area contributed by atoms with Crippen molar-refractivity contribution in [3.63, 3.8) is 0 Å². The van der Waals surface area contributed by atoms with Crippen molar-refractivity contribution in [3.05, 3.63) is 23.2 Å². The molecule has 0 aliphatic rings. The second-order valence-corrected chi connectivity index (χ2v) is 2.76. The van der Waals surface area contributed by atoms with Gasteiger partial charge in [-0.05, 0) is 12.1 Å². The number of rotatable bonds is 3. The van der Waals surface area contributed by atoms with E-state index < -0.39 is 0 Å². The standard InChI is InChI=1S/C9H9ClN2O/c1-13-7-2-3-8(10)9(6-7)12-5-4-11/h2-3,6,12H,5H2,1H3. The Morgan fingerprint density at radius 1 is 1.62 bits per heavy atom. The lowest BCUT2D eigenvalue weighted by Crippen LogP contribution is -1.99. The Balaban J connectivity index is 2.85. The third-order valence-electron chi connectivity index (χ3n) is 1.53. The van der Waals surface area contributed by atoms with Gasteiger partial charge in [0.1, 0.15) is 12.3 Å². The van der Waals surface area contributed by atoms with E-state index in [0.29, 0.717) is 16.5 Å². The molecule has 0 heterocycles. The number of benzene rings is 1. The van der Waals surface area contributed by atoms with Gasteiger partial charge in [0, 0.05) is 6.07 Å². The number of anilines is 1. The van der Waals surface area contributed by atoms with Crippen molar-refractivity contribution < 1.29 is 4.74 Å². The molecule has 0 spiro atoms. The molecule has 3 nitrogen and oxygen atoms in total. The molecule has 0 aromatic heterocycles. The number of methoxy groups -OCH3 is 1. The summed E-state index contributed by atoms with van der Waals surface area (Å²) < 4.78 is 5.01. The van der Waals surface area contributed by atoms with Gasteiger partial charge in [-0.15, -0.1) is 0 Å². The molecule has 0 saturated carbocycles. The van der Waals surface area contributed by atoms with Crippen LogP contribution in [0.25, 0.3) is 0 Å². The summed E-state index contributed by atoms with van der Waals surface area (Å²) in [6.07, 6.45) is 0. The molecule has 0 bridgehead atoms. The quantitative estimate of drug-likeness (QED) is 0.755. The lowest BCUT2D eigenvalue weighted by atomic mass is 10.3. The summed E-state index contributed by atoms with van der Waals surface area (Å²) in [5.74, 6) is 0.713. The summed E-state index contributed by atoms with van der Waals surface area (Å²) >= 11 is 5.86. The lowest BCUT2D eigenvalue weighted by molar-refractivity contribution is 0.415. The fourth-order valence-electron chi connectivity index (χ4n) is 0.902. The van der Waals surface area contributed by atoms with Gasteiger partial charge in [0.05, 0.1) is 23.9 Å². The molecule has 0 aliphatic heterocycles. The summed E-state index contributed by atoms with van der Waals surface area (Å²) in [6, 6.07) is 7.21. The number of hydrogen-bond acceptors (Lipinski definition) is 3. The van der Waals surface area contributed by atoms with Crippen molar-refractivity contribution >= 4 is 17.3 Å². The predicted molar refractivity (Wildman–Crippen MR) is 52.1 cm³/mol. The highest BCUT2D eigenvalue weighted by atomic mass is 35.5. The number of nitrogens with one attached hydrogen (secondary N) is 1. The van der Waals surface area contributed by atoms with Crippen LogP contribution in [0.4, 0.5) is 5.69 Å². The maximum absolute atomic E-state index is 8.36. The molecule has 68 valence electrons. The van der Waals surface area contributed by atoms with Gasteiger partial charge >= 0.3 is 0 Å². The first kappa shape index (κ1) is 9.69. The zero-order chi connectivity index (χ0) is 9.68. The minimum atomic E-state index is 0.229. The summed E-state index contributed by atoms with van der Waals surface area (Å²) in [5.41, 5.74) is 0.711. The van der Waals surface area contributed by atoms with Crippen molar-refractivity contribution in [3.8, 4) is 11.8 Å². The van der Waals surface area contributed by atoms with Gasteiger partial charge in [-0.25, -0.2) is 0 Å². The van der Waals surface area contributed by atoms with E-state index >= 15 is 0 Å². The topological polar surface area (TPSA) is 45.0 Å². The molecule has 1 N–H and O–H groups in total. The first-order chi connectivity index (χ1) is 6.27. The van der Waals surface area contributed by atoms with Crippen LogP contribution in [-0.4, -0.2) is 13.7 Å². The van der Waals surface area contributed by atoms with Gasteiger partial charge in [0.2, 0.25) is 0 Å². The van der Waals surface area contributed by atoms with Crippen LogP contribution >= 0.6 is 11.6 Å². The van der Waals surface area contributed by atoms with Gasteiger partial charge < -0.3 is 10.1 Å². The van der Waals surface area contributed by atoms with Crippen LogP contribution < -0.4 is 10.1 Å². The second kappa shape index (κ2) is 4.58. The molecule has 1 aromatic carbocycles. The van der Waals surface area contributed by atoms with Crippen molar-refractivity contribution in [1.82, 2.24) is 0 Å². The average molecular weight is 197 g/mol. The Morgan fingerprint density at radius 2 is 2.38 bits per heavy atom. The molecule has 0 radical (unpaired) electrons. The Labute approximate surface area is 81.9 Å². The number of nitrogens with zero attached hydrogens (tertiary/aromatic N) is 1. The number of ether oxygens (including phenoxy) is 1. The zero-order valence-electron chi connectivity index (χ0n) is 7.17. The van der Waals surface area contributed by atoms with E-state index in [0.717, 1.165) is 0 Å². The predicted octanol–water partition coefficient (Wildman–Crippen LogP) is 2.28. The Bertz CT molecular complexity index is 333. The highest BCUT2D eigenvalue weighted by Gasteiger charge is 2.00. The largest absolute Gasteiger partial charge is 0.497 e. The zero-order valence-corrected chi connectivity index (χ0v) is 7.93. The molecule has 0 fully saturated rings. The van der Waals surface area contributed by atoms with E-state index in [2.05, 4.69) is 5.32 Å². The van der Waals surface area contributed by atoms with Crippen LogP contribution in [0, 0.1) is 11.3 Å². The van der Waals surface area contributed by atoms with E-state index in [9.17, 15) is 0 Å². The van der Waals surface area contributed by atoms with Gasteiger partial charge in [0.25, 0.3) is 0 Å². The highest BCUT2D eigenvalue weighted by Crippen LogP contribution is 2.26. The van der Waals surface area contributed by atoms with E-state index in [4.69, 9.17) is 21.6 Å². The normalized spacial score (nSPS) is 9.00. The minimum Gasteiger partial charge on any atom is -0.497 e. The molecule has 4 heteroatoms. The van der Waals surface area contributed by atoms with E-state index in [1.807, 2.05) is 6.07 Å². The van der Waals surface area contributed by atoms with Crippen LogP contribution in [0.2, 0.25) is 5.02 Å². The van der Waals surface area contributed by atoms with Crippen molar-refractivity contribution in [2.24, 2.45) is 0 Å². The van der Waals surface area contributed by atoms with Gasteiger partial charge in [-0.2, -0.15) is 5.26 Å². The van der Waals surface area contributed by atoms with Crippen molar-refractivity contribution in [2.75, 3.05) is 19.0 Å². The molecule has 13 heavy (non-hydrogen) atoms. The molecule has 0 aliphatic carbocycles. The SMILES string of the molecule is COc1ccc(Cl)c(NCC#N)c1. The third-order valence-corrected chi connectivity index (χ3v) is 1.86. The van der Waals surface area contributed by atoms with Crippen LogP contribution in [0.1, 0.15) is 0 Å². The average Bonchev–Trinajstić information content (AvgIpc) is 2.17. The highest BCUT2D eigenvalue weighted by molar-refractivity contribution is 6.33. The molecular formula is C9H9ClN2O. The van der Waals surface area contributed by atoms with Gasteiger partial charge in [-0.1, -0.05) is 11.6 Å². The summed E-state index contributed by atoms with van der Waals surface area (Å²) in [5, 5.41) is 11.8. The second-order valence-electron chi connectivity index (χ2n) is 2.36. The molecule has 1 rings (SSSR count). The Kier molecular flexibility index (Phi) is 3.41. The summed E-state index contributed by atoms with van der Waals surface area (Å²) in [4.78, 5) is 0. The summed E-state index contributed by atoms with van der Waals surface area (Å²) in [6.45, 7) is 0.229. The van der Waals surface area contributed by atoms with E-state index in [1.165, 1.54) is 0 Å². The van der Waals surface area contributed by atoms with Crippen LogP contribution in [0.3, 0.4) is 0 Å². The smallest absolute Gasteiger partial charge is 0.121 e. The minimum absolute atomic E-state index is 0.229. The molecule has 0 unspecified atom stereocenters. The Hall–Kier alpha value is -1.40. The lowest BCUT2D eigenvalue weighted by Gasteiger charge is -2.06. The number of halogens is 1. The number of nitriles is 1.